The van der Waals surface area contributed by atoms with Crippen molar-refractivity contribution in [2.45, 2.75) is 0 Å². The highest BCUT2D eigenvalue weighted by molar-refractivity contribution is 5.85. The van der Waals surface area contributed by atoms with Gasteiger partial charge in [0.25, 0.3) is 0 Å². The minimum atomic E-state index is 0.820. The van der Waals surface area contributed by atoms with Crippen LogP contribution in [0, 0.1) is 0 Å². The lowest BCUT2D eigenvalue weighted by Crippen LogP contribution is -1.89. The number of hydrogen-bond donors (Lipinski definition) is 0. The number of rotatable bonds is 3. The number of pyridine rings is 1. The lowest BCUT2D eigenvalue weighted by Gasteiger charge is -2.02. The van der Waals surface area contributed by atoms with Gasteiger partial charge in [-0.25, -0.2) is 0 Å². The fourth-order valence-corrected chi connectivity index (χ4v) is 1.35. The molecule has 0 spiro atoms. The van der Waals surface area contributed by atoms with E-state index in [1.165, 1.54) is 0 Å². The van der Waals surface area contributed by atoms with Gasteiger partial charge >= 0.3 is 0 Å². The first-order chi connectivity index (χ1) is 7.90. The van der Waals surface area contributed by atoms with E-state index in [9.17, 15) is 0 Å². The highest BCUT2D eigenvalue weighted by atomic mass is 16.5. The molecule has 0 atom stereocenters. The summed E-state index contributed by atoms with van der Waals surface area (Å²) in [6, 6.07) is 11.5. The first-order valence-corrected chi connectivity index (χ1v) is 4.97. The number of para-hydroxylation sites is 1. The van der Waals surface area contributed by atoms with E-state index in [0.29, 0.717) is 0 Å². The van der Waals surface area contributed by atoms with Crippen molar-refractivity contribution in [2.75, 3.05) is 7.11 Å². The van der Waals surface area contributed by atoms with Crippen LogP contribution in [-0.4, -0.2) is 18.3 Å². The van der Waals surface area contributed by atoms with E-state index in [-0.39, 0.29) is 0 Å². The van der Waals surface area contributed by atoms with Crippen LogP contribution in [0.5, 0.6) is 5.75 Å². The Morgan fingerprint density at radius 1 is 1.12 bits per heavy atom. The molecule has 2 rings (SSSR count). The molecule has 16 heavy (non-hydrogen) atoms. The van der Waals surface area contributed by atoms with Gasteiger partial charge in [-0.1, -0.05) is 12.1 Å². The molecule has 2 aromatic rings. The summed E-state index contributed by atoms with van der Waals surface area (Å²) >= 11 is 0. The minimum Gasteiger partial charge on any atom is -0.496 e. The molecule has 3 nitrogen and oxygen atoms in total. The Hall–Kier alpha value is -2.16. The maximum atomic E-state index is 5.23. The summed E-state index contributed by atoms with van der Waals surface area (Å²) in [4.78, 5) is 8.28. The summed E-state index contributed by atoms with van der Waals surface area (Å²) in [7, 11) is 1.65. The molecular formula is C13H12N2O. The topological polar surface area (TPSA) is 34.5 Å². The molecule has 80 valence electrons. The number of nitrogens with zero attached hydrogens (tertiary/aromatic N) is 2. The van der Waals surface area contributed by atoms with Gasteiger partial charge in [0, 0.05) is 24.2 Å². The maximum absolute atomic E-state index is 5.23. The summed E-state index contributed by atoms with van der Waals surface area (Å²) in [5.74, 6) is 0.820. The van der Waals surface area contributed by atoms with Gasteiger partial charge < -0.3 is 4.74 Å². The van der Waals surface area contributed by atoms with Crippen molar-refractivity contribution in [1.82, 2.24) is 4.98 Å². The Bertz CT molecular complexity index is 480. The highest BCUT2D eigenvalue weighted by Crippen LogP contribution is 2.16. The summed E-state index contributed by atoms with van der Waals surface area (Å²) in [5, 5.41) is 0. The predicted molar refractivity (Wildman–Crippen MR) is 64.5 cm³/mol. The molecule has 0 radical (unpaired) electrons. The van der Waals surface area contributed by atoms with Crippen LogP contribution in [0.1, 0.15) is 5.56 Å². The van der Waals surface area contributed by atoms with Crippen LogP contribution < -0.4 is 4.74 Å². The molecule has 0 N–H and O–H groups in total. The van der Waals surface area contributed by atoms with Crippen LogP contribution in [0.2, 0.25) is 0 Å². The number of aromatic nitrogens is 1. The predicted octanol–water partition coefficient (Wildman–Crippen LogP) is 2.84. The van der Waals surface area contributed by atoms with Crippen molar-refractivity contribution in [3.05, 3.63) is 54.4 Å². The molecule has 0 aliphatic heterocycles. The average molecular weight is 212 g/mol. The lowest BCUT2D eigenvalue weighted by atomic mass is 10.2. The zero-order chi connectivity index (χ0) is 11.2. The van der Waals surface area contributed by atoms with Gasteiger partial charge in [-0.05, 0) is 24.3 Å². The molecule has 1 aromatic heterocycles. The van der Waals surface area contributed by atoms with Crippen molar-refractivity contribution in [3.63, 3.8) is 0 Å². The molecule has 0 saturated carbocycles. The van der Waals surface area contributed by atoms with E-state index in [1.54, 1.807) is 25.7 Å². The molecule has 0 fully saturated rings. The van der Waals surface area contributed by atoms with Gasteiger partial charge in [-0.15, -0.1) is 0 Å². The van der Waals surface area contributed by atoms with Crippen LogP contribution in [0.15, 0.2) is 53.8 Å². The van der Waals surface area contributed by atoms with Gasteiger partial charge in [0.2, 0.25) is 0 Å². The van der Waals surface area contributed by atoms with Crippen molar-refractivity contribution in [2.24, 2.45) is 4.99 Å². The molecule has 3 heteroatoms. The van der Waals surface area contributed by atoms with Crippen molar-refractivity contribution in [1.29, 1.82) is 0 Å². The zero-order valence-corrected chi connectivity index (χ0v) is 9.00. The van der Waals surface area contributed by atoms with Crippen LogP contribution in [-0.2, 0) is 0 Å². The highest BCUT2D eigenvalue weighted by Gasteiger charge is 1.96. The molecule has 0 amide bonds. The van der Waals surface area contributed by atoms with Crippen LogP contribution in [0.25, 0.3) is 0 Å². The van der Waals surface area contributed by atoms with E-state index < -0.39 is 0 Å². The largest absolute Gasteiger partial charge is 0.496 e. The van der Waals surface area contributed by atoms with E-state index in [0.717, 1.165) is 17.0 Å². The second-order valence-electron chi connectivity index (χ2n) is 3.21. The van der Waals surface area contributed by atoms with E-state index in [1.807, 2.05) is 36.4 Å². The fraction of sp³-hybridized carbons (Fsp3) is 0.0769. The van der Waals surface area contributed by atoms with Gasteiger partial charge in [0.15, 0.2) is 0 Å². The van der Waals surface area contributed by atoms with Crippen molar-refractivity contribution in [3.8, 4) is 5.75 Å². The van der Waals surface area contributed by atoms with Crippen molar-refractivity contribution < 1.29 is 4.74 Å². The molecule has 1 aromatic carbocycles. The lowest BCUT2D eigenvalue weighted by molar-refractivity contribution is 0.414. The van der Waals surface area contributed by atoms with E-state index in [4.69, 9.17) is 4.74 Å². The SMILES string of the molecule is COc1ccccc1C=Nc1ccncc1. The van der Waals surface area contributed by atoms with Crippen LogP contribution in [0.4, 0.5) is 5.69 Å². The Labute approximate surface area is 94.4 Å². The van der Waals surface area contributed by atoms with Crippen LogP contribution >= 0.6 is 0 Å². The quantitative estimate of drug-likeness (QED) is 0.733. The Kier molecular flexibility index (Phi) is 3.28. The van der Waals surface area contributed by atoms with E-state index in [2.05, 4.69) is 9.98 Å². The first kappa shape index (κ1) is 10.4. The normalized spacial score (nSPS) is 10.6. The molecule has 0 bridgehead atoms. The Balaban J connectivity index is 2.24. The summed E-state index contributed by atoms with van der Waals surface area (Å²) < 4.78 is 5.23. The average Bonchev–Trinajstić information content (AvgIpc) is 2.38. The summed E-state index contributed by atoms with van der Waals surface area (Å²) in [5.41, 5.74) is 1.84. The third-order valence-corrected chi connectivity index (χ3v) is 2.15. The number of methoxy groups -OCH3 is 1. The molecule has 0 aliphatic carbocycles. The molecular weight excluding hydrogens is 200 g/mol. The number of aliphatic imine (C=N–C) groups is 1. The summed E-state index contributed by atoms with van der Waals surface area (Å²) in [6.45, 7) is 0. The van der Waals surface area contributed by atoms with E-state index >= 15 is 0 Å². The van der Waals surface area contributed by atoms with Crippen molar-refractivity contribution >= 4 is 11.9 Å². The van der Waals surface area contributed by atoms with Gasteiger partial charge in [-0.2, -0.15) is 0 Å². The summed E-state index contributed by atoms with van der Waals surface area (Å²) in [6.07, 6.45) is 5.22. The third kappa shape index (κ3) is 2.45. The van der Waals surface area contributed by atoms with Gasteiger partial charge in [0.1, 0.15) is 5.75 Å². The number of hydrogen-bond acceptors (Lipinski definition) is 3. The monoisotopic (exact) mass is 212 g/mol. The Morgan fingerprint density at radius 2 is 1.88 bits per heavy atom. The molecule has 0 saturated heterocycles. The fourth-order valence-electron chi connectivity index (χ4n) is 1.35. The second kappa shape index (κ2) is 5.07. The number of ether oxygens (including phenoxy) is 1. The van der Waals surface area contributed by atoms with Gasteiger partial charge in [-0.3, -0.25) is 9.98 Å². The standard InChI is InChI=1S/C13H12N2O/c1-16-13-5-3-2-4-11(13)10-15-12-6-8-14-9-7-12/h2-10H,1H3. The second-order valence-corrected chi connectivity index (χ2v) is 3.21. The minimum absolute atomic E-state index is 0.820. The Morgan fingerprint density at radius 3 is 2.62 bits per heavy atom. The first-order valence-electron chi connectivity index (χ1n) is 4.97. The zero-order valence-electron chi connectivity index (χ0n) is 9.00. The number of benzene rings is 1. The molecule has 0 unspecified atom stereocenters. The van der Waals surface area contributed by atoms with Gasteiger partial charge in [0.05, 0.1) is 12.8 Å². The third-order valence-electron chi connectivity index (χ3n) is 2.15. The van der Waals surface area contributed by atoms with Crippen LogP contribution in [0.3, 0.4) is 0 Å². The smallest absolute Gasteiger partial charge is 0.127 e. The maximum Gasteiger partial charge on any atom is 0.127 e. The molecule has 1 heterocycles. The molecule has 0 aliphatic rings.